The predicted molar refractivity (Wildman–Crippen MR) is 77.4 cm³/mol. The van der Waals surface area contributed by atoms with Crippen LogP contribution in [0.15, 0.2) is 0 Å². The fourth-order valence-corrected chi connectivity index (χ4v) is 2.25. The van der Waals surface area contributed by atoms with Gasteiger partial charge in [0.05, 0.1) is 0 Å². The van der Waals surface area contributed by atoms with Gasteiger partial charge in [0.15, 0.2) is 0 Å². The van der Waals surface area contributed by atoms with Crippen molar-refractivity contribution < 1.29 is 14.3 Å². The minimum atomic E-state index is -0.531. The number of halogens is 1. The van der Waals surface area contributed by atoms with Gasteiger partial charge in [-0.05, 0) is 40.0 Å². The van der Waals surface area contributed by atoms with Crippen LogP contribution in [-0.4, -0.2) is 47.0 Å². The van der Waals surface area contributed by atoms with Crippen molar-refractivity contribution in [3.63, 3.8) is 0 Å². The van der Waals surface area contributed by atoms with Crippen LogP contribution in [0.4, 0.5) is 4.79 Å². The van der Waals surface area contributed by atoms with E-state index in [0.29, 0.717) is 19.5 Å². The molecule has 1 aliphatic rings. The molecule has 0 saturated carbocycles. The molecule has 0 spiro atoms. The number of nitrogens with zero attached hydrogens (tertiary/aromatic N) is 1. The number of nitrogens with one attached hydrogen (secondary N) is 1. The Morgan fingerprint density at radius 1 is 1.42 bits per heavy atom. The second-order valence-electron chi connectivity index (χ2n) is 5.67. The van der Waals surface area contributed by atoms with Crippen molar-refractivity contribution in [2.45, 2.75) is 51.7 Å². The van der Waals surface area contributed by atoms with Gasteiger partial charge in [-0.25, -0.2) is 4.79 Å². The number of alkyl halides is 1. The van der Waals surface area contributed by atoms with E-state index in [1.807, 2.05) is 20.8 Å². The van der Waals surface area contributed by atoms with Gasteiger partial charge in [0.1, 0.15) is 11.6 Å². The first-order valence-corrected chi connectivity index (χ1v) is 7.80. The van der Waals surface area contributed by atoms with Crippen molar-refractivity contribution in [1.82, 2.24) is 10.2 Å². The monoisotopic (exact) mass is 334 g/mol. The maximum absolute atomic E-state index is 12.0. The van der Waals surface area contributed by atoms with Crippen LogP contribution in [0, 0.1) is 0 Å². The van der Waals surface area contributed by atoms with Gasteiger partial charge in [-0.2, -0.15) is 0 Å². The summed E-state index contributed by atoms with van der Waals surface area (Å²) in [5.41, 5.74) is -0.531. The summed E-state index contributed by atoms with van der Waals surface area (Å²) in [4.78, 5) is 25.6. The van der Waals surface area contributed by atoms with Crippen molar-refractivity contribution >= 4 is 27.9 Å². The van der Waals surface area contributed by atoms with Gasteiger partial charge in [0, 0.05) is 18.4 Å². The molecule has 1 aliphatic heterocycles. The number of carbonyl (C=O) groups excluding carboxylic acids is 2. The Hall–Kier alpha value is -0.780. The van der Waals surface area contributed by atoms with E-state index >= 15 is 0 Å². The number of hydrogen-bond donors (Lipinski definition) is 1. The molecule has 0 aliphatic carbocycles. The average molecular weight is 335 g/mol. The van der Waals surface area contributed by atoms with Crippen LogP contribution in [-0.2, 0) is 9.53 Å². The minimum Gasteiger partial charge on any atom is -0.444 e. The fraction of sp³-hybridized carbons (Fsp3) is 0.846. The van der Waals surface area contributed by atoms with Crippen molar-refractivity contribution in [2.75, 3.05) is 18.4 Å². The Labute approximate surface area is 123 Å². The van der Waals surface area contributed by atoms with E-state index in [1.165, 1.54) is 4.90 Å². The lowest BCUT2D eigenvalue weighted by atomic mass is 10.2. The molecule has 110 valence electrons. The molecule has 2 amide bonds. The average Bonchev–Trinajstić information content (AvgIpc) is 2.75. The van der Waals surface area contributed by atoms with Crippen molar-refractivity contribution in [3.8, 4) is 0 Å². The number of hydrogen-bond acceptors (Lipinski definition) is 3. The Morgan fingerprint density at radius 3 is 2.68 bits per heavy atom. The van der Waals surface area contributed by atoms with E-state index in [4.69, 9.17) is 4.74 Å². The Bertz CT molecular complexity index is 328. The van der Waals surface area contributed by atoms with Gasteiger partial charge in [-0.3, -0.25) is 9.69 Å². The summed E-state index contributed by atoms with van der Waals surface area (Å²) >= 11 is 3.32. The highest BCUT2D eigenvalue weighted by molar-refractivity contribution is 9.09. The molecule has 1 rings (SSSR count). The molecule has 0 aromatic heterocycles. The molecule has 0 unspecified atom stereocenters. The molecule has 0 bridgehead atoms. The molecule has 5 nitrogen and oxygen atoms in total. The molecule has 1 fully saturated rings. The van der Waals surface area contributed by atoms with Crippen LogP contribution in [0.3, 0.4) is 0 Å². The fourth-order valence-electron chi connectivity index (χ4n) is 1.97. The molecule has 1 N–H and O–H groups in total. The topological polar surface area (TPSA) is 58.6 Å². The second-order valence-corrected chi connectivity index (χ2v) is 6.46. The maximum Gasteiger partial charge on any atom is 0.410 e. The number of carbonyl (C=O) groups is 2. The third kappa shape index (κ3) is 5.38. The minimum absolute atomic E-state index is 0.0793. The zero-order valence-electron chi connectivity index (χ0n) is 11.9. The molecule has 6 heteroatoms. The summed E-state index contributed by atoms with van der Waals surface area (Å²) in [7, 11) is 0. The van der Waals surface area contributed by atoms with Gasteiger partial charge in [-0.15, -0.1) is 0 Å². The molecule has 1 heterocycles. The highest BCUT2D eigenvalue weighted by Gasteiger charge is 2.36. The highest BCUT2D eigenvalue weighted by Crippen LogP contribution is 2.20. The molecule has 19 heavy (non-hydrogen) atoms. The summed E-state index contributed by atoms with van der Waals surface area (Å²) in [6.45, 7) is 6.69. The molecule has 0 radical (unpaired) electrons. The Balaban J connectivity index is 2.53. The summed E-state index contributed by atoms with van der Waals surface area (Å²) in [5.74, 6) is -0.0793. The number of ether oxygens (including phenoxy) is 1. The van der Waals surface area contributed by atoms with Gasteiger partial charge in [-0.1, -0.05) is 15.9 Å². The first-order chi connectivity index (χ1) is 8.85. The Morgan fingerprint density at radius 2 is 2.11 bits per heavy atom. The second kappa shape index (κ2) is 7.12. The first kappa shape index (κ1) is 16.3. The zero-order valence-corrected chi connectivity index (χ0v) is 13.5. The number of rotatable bonds is 4. The van der Waals surface area contributed by atoms with Crippen LogP contribution in [0.1, 0.15) is 40.0 Å². The maximum atomic E-state index is 12.0. The number of likely N-dealkylation sites (tertiary alicyclic amines) is 1. The van der Waals surface area contributed by atoms with Crippen LogP contribution in [0.2, 0.25) is 0 Å². The SMILES string of the molecule is CC(C)(C)OC(=O)N1CCC[C@H]1C(=O)NCCCBr. The van der Waals surface area contributed by atoms with Gasteiger partial charge < -0.3 is 10.1 Å². The van der Waals surface area contributed by atoms with Crippen LogP contribution in [0.25, 0.3) is 0 Å². The van der Waals surface area contributed by atoms with Gasteiger partial charge in [0.2, 0.25) is 5.91 Å². The molecule has 0 aromatic rings. The van der Waals surface area contributed by atoms with Crippen molar-refractivity contribution in [2.24, 2.45) is 0 Å². The van der Waals surface area contributed by atoms with E-state index in [1.54, 1.807) is 0 Å². The lowest BCUT2D eigenvalue weighted by molar-refractivity contribution is -0.125. The van der Waals surface area contributed by atoms with Crippen LogP contribution < -0.4 is 5.32 Å². The normalized spacial score (nSPS) is 19.4. The summed E-state index contributed by atoms with van der Waals surface area (Å²) in [6.07, 6.45) is 2.03. The zero-order chi connectivity index (χ0) is 14.5. The van der Waals surface area contributed by atoms with E-state index in [9.17, 15) is 9.59 Å². The summed E-state index contributed by atoms with van der Waals surface area (Å²) in [6, 6.07) is -0.384. The molecular weight excluding hydrogens is 312 g/mol. The quantitative estimate of drug-likeness (QED) is 0.633. The van der Waals surface area contributed by atoms with Crippen LogP contribution in [0.5, 0.6) is 0 Å². The largest absolute Gasteiger partial charge is 0.444 e. The third-order valence-corrected chi connectivity index (χ3v) is 3.35. The van der Waals surface area contributed by atoms with Crippen LogP contribution >= 0.6 is 15.9 Å². The smallest absolute Gasteiger partial charge is 0.410 e. The lowest BCUT2D eigenvalue weighted by Gasteiger charge is -2.28. The summed E-state index contributed by atoms with van der Waals surface area (Å²) in [5, 5.41) is 3.71. The predicted octanol–water partition coefficient (Wildman–Crippen LogP) is 2.29. The Kier molecular flexibility index (Phi) is 6.10. The lowest BCUT2D eigenvalue weighted by Crippen LogP contribution is -2.47. The van der Waals surface area contributed by atoms with Gasteiger partial charge in [0.25, 0.3) is 0 Å². The molecular formula is C13H23BrN2O3. The van der Waals surface area contributed by atoms with E-state index < -0.39 is 11.7 Å². The summed E-state index contributed by atoms with van der Waals surface area (Å²) < 4.78 is 5.33. The highest BCUT2D eigenvalue weighted by atomic mass is 79.9. The molecule has 1 saturated heterocycles. The number of amides is 2. The van der Waals surface area contributed by atoms with E-state index in [0.717, 1.165) is 18.2 Å². The van der Waals surface area contributed by atoms with Crippen molar-refractivity contribution in [1.29, 1.82) is 0 Å². The first-order valence-electron chi connectivity index (χ1n) is 6.68. The van der Waals surface area contributed by atoms with Crippen molar-refractivity contribution in [3.05, 3.63) is 0 Å². The van der Waals surface area contributed by atoms with Gasteiger partial charge >= 0.3 is 6.09 Å². The third-order valence-electron chi connectivity index (χ3n) is 2.79. The standard InChI is InChI=1S/C13H23BrN2O3/c1-13(2,3)19-12(18)16-9-4-6-10(16)11(17)15-8-5-7-14/h10H,4-9H2,1-3H3,(H,15,17)/t10-/m0/s1. The van der Waals surface area contributed by atoms with E-state index in [-0.39, 0.29) is 11.9 Å². The van der Waals surface area contributed by atoms with E-state index in [2.05, 4.69) is 21.2 Å². The molecule has 0 aromatic carbocycles. The molecule has 1 atom stereocenters.